The van der Waals surface area contributed by atoms with Gasteiger partial charge in [-0.3, -0.25) is 4.79 Å². The lowest BCUT2D eigenvalue weighted by Gasteiger charge is -2.13. The standard InChI is InChI=1S/C7H14N2O.C7H9NO.C4H10O.CH2O/c1-8-3-2-4-9(7-10)6-5-8;1-5-3-2-4-6(8)7(5)9;1-3-4-5-2;1-2/h7H,2-6H2,1H3;2-4,9H,8H2,1H3;3-4H2,1-2H3;1H2. The number of ether oxygens (including phenoxy) is 1. The van der Waals surface area contributed by atoms with Crippen molar-refractivity contribution in [3.8, 4) is 5.75 Å². The Morgan fingerprint density at radius 1 is 1.27 bits per heavy atom. The number of carbonyl (C=O) groups is 2. The number of amides is 1. The van der Waals surface area contributed by atoms with Gasteiger partial charge < -0.3 is 30.2 Å². The summed E-state index contributed by atoms with van der Waals surface area (Å²) in [6.45, 7) is 10.7. The third-order valence-electron chi connectivity index (χ3n) is 3.58. The van der Waals surface area contributed by atoms with Gasteiger partial charge in [0.25, 0.3) is 0 Å². The number of rotatable bonds is 3. The Balaban J connectivity index is 0. The first-order chi connectivity index (χ1) is 12.5. The number of nitrogens with zero attached hydrogens (tertiary/aromatic N) is 2. The van der Waals surface area contributed by atoms with E-state index in [4.69, 9.17) is 20.4 Å². The van der Waals surface area contributed by atoms with Crippen LogP contribution in [0.15, 0.2) is 18.2 Å². The maximum absolute atomic E-state index is 10.3. The van der Waals surface area contributed by atoms with Crippen molar-refractivity contribution in [2.24, 2.45) is 0 Å². The van der Waals surface area contributed by atoms with Gasteiger partial charge in [-0.05, 0) is 45.0 Å². The monoisotopic (exact) mass is 369 g/mol. The fourth-order valence-electron chi connectivity index (χ4n) is 2.06. The molecule has 2 rings (SSSR count). The zero-order valence-corrected chi connectivity index (χ0v) is 16.6. The molecule has 0 unspecified atom stereocenters. The molecule has 0 aliphatic carbocycles. The molecule has 1 aliphatic heterocycles. The summed E-state index contributed by atoms with van der Waals surface area (Å²) in [6.07, 6.45) is 3.17. The van der Waals surface area contributed by atoms with Gasteiger partial charge in [0.1, 0.15) is 12.5 Å². The first-order valence-corrected chi connectivity index (χ1v) is 8.66. The number of hydrogen-bond acceptors (Lipinski definition) is 6. The Labute approximate surface area is 157 Å². The van der Waals surface area contributed by atoms with Crippen LogP contribution >= 0.6 is 0 Å². The van der Waals surface area contributed by atoms with Crippen LogP contribution in [0.1, 0.15) is 25.3 Å². The van der Waals surface area contributed by atoms with Gasteiger partial charge >= 0.3 is 0 Å². The van der Waals surface area contributed by atoms with Gasteiger partial charge in [0.05, 0.1) is 5.69 Å². The molecule has 0 bridgehead atoms. The van der Waals surface area contributed by atoms with Crippen molar-refractivity contribution < 1.29 is 19.4 Å². The van der Waals surface area contributed by atoms with E-state index in [0.717, 1.165) is 57.6 Å². The van der Waals surface area contributed by atoms with Crippen LogP contribution in [0.3, 0.4) is 0 Å². The molecule has 0 spiro atoms. The molecule has 1 heterocycles. The van der Waals surface area contributed by atoms with E-state index in [0.29, 0.717) is 5.69 Å². The van der Waals surface area contributed by atoms with Crippen molar-refractivity contribution in [1.82, 2.24) is 9.80 Å². The first-order valence-electron chi connectivity index (χ1n) is 8.66. The lowest BCUT2D eigenvalue weighted by Crippen LogP contribution is -2.27. The maximum Gasteiger partial charge on any atom is 0.209 e. The summed E-state index contributed by atoms with van der Waals surface area (Å²) in [5.41, 5.74) is 6.63. The number of carbonyl (C=O) groups excluding carboxylic acids is 2. The SMILES string of the molecule is C=O.CCCOC.CN1CCCN(C=O)CC1.Cc1cccc(N)c1O. The van der Waals surface area contributed by atoms with E-state index >= 15 is 0 Å². The molecule has 3 N–H and O–H groups in total. The highest BCUT2D eigenvalue weighted by molar-refractivity contribution is 5.55. The van der Waals surface area contributed by atoms with E-state index in [1.54, 1.807) is 13.2 Å². The second-order valence-corrected chi connectivity index (χ2v) is 5.80. The third kappa shape index (κ3) is 13.2. The van der Waals surface area contributed by atoms with Crippen molar-refractivity contribution in [1.29, 1.82) is 0 Å². The molecule has 0 radical (unpaired) electrons. The smallest absolute Gasteiger partial charge is 0.209 e. The van der Waals surface area contributed by atoms with E-state index in [9.17, 15) is 4.79 Å². The summed E-state index contributed by atoms with van der Waals surface area (Å²) in [6, 6.07) is 5.29. The Kier molecular flexibility index (Phi) is 17.8. The zero-order valence-electron chi connectivity index (χ0n) is 16.6. The van der Waals surface area contributed by atoms with E-state index in [1.165, 1.54) is 0 Å². The lowest BCUT2D eigenvalue weighted by atomic mass is 10.2. The highest BCUT2D eigenvalue weighted by Crippen LogP contribution is 2.22. The van der Waals surface area contributed by atoms with Gasteiger partial charge in [-0.2, -0.15) is 0 Å². The molecule has 1 aromatic carbocycles. The van der Waals surface area contributed by atoms with Crippen LogP contribution in [-0.2, 0) is 14.3 Å². The molecule has 1 aromatic rings. The molecular formula is C19H35N3O4. The number of para-hydroxylation sites is 1. The van der Waals surface area contributed by atoms with Crippen LogP contribution in [-0.4, -0.2) is 75.0 Å². The maximum atomic E-state index is 10.3. The largest absolute Gasteiger partial charge is 0.506 e. The van der Waals surface area contributed by atoms with Gasteiger partial charge in [-0.25, -0.2) is 0 Å². The summed E-state index contributed by atoms with van der Waals surface area (Å²) in [5.74, 6) is 0.192. The highest BCUT2D eigenvalue weighted by atomic mass is 16.5. The molecule has 0 aromatic heterocycles. The van der Waals surface area contributed by atoms with E-state index in [-0.39, 0.29) is 5.75 Å². The molecule has 1 saturated heterocycles. The second-order valence-electron chi connectivity index (χ2n) is 5.80. The molecule has 1 fully saturated rings. The molecule has 7 nitrogen and oxygen atoms in total. The highest BCUT2D eigenvalue weighted by Gasteiger charge is 2.08. The van der Waals surface area contributed by atoms with Crippen LogP contribution in [0.5, 0.6) is 5.75 Å². The van der Waals surface area contributed by atoms with Crippen LogP contribution in [0.4, 0.5) is 5.69 Å². The van der Waals surface area contributed by atoms with E-state index < -0.39 is 0 Å². The molecule has 26 heavy (non-hydrogen) atoms. The number of hydrogen-bond donors (Lipinski definition) is 2. The number of phenols is 1. The third-order valence-corrected chi connectivity index (χ3v) is 3.58. The Morgan fingerprint density at radius 3 is 2.35 bits per heavy atom. The molecule has 0 atom stereocenters. The predicted octanol–water partition coefficient (Wildman–Crippen LogP) is 1.92. The van der Waals surface area contributed by atoms with Crippen molar-refractivity contribution in [3.05, 3.63) is 23.8 Å². The Bertz CT molecular complexity index is 450. The molecule has 150 valence electrons. The summed E-state index contributed by atoms with van der Waals surface area (Å²) in [4.78, 5) is 22.4. The number of anilines is 1. The molecular weight excluding hydrogens is 334 g/mol. The number of phenolic OH excluding ortho intramolecular Hbond substituents is 1. The summed E-state index contributed by atoms with van der Waals surface area (Å²) < 4.78 is 4.69. The number of nitrogens with two attached hydrogens (primary N) is 1. The Morgan fingerprint density at radius 2 is 1.92 bits per heavy atom. The number of likely N-dealkylation sites (N-methyl/N-ethyl adjacent to an activating group) is 1. The average molecular weight is 370 g/mol. The number of aromatic hydroxyl groups is 1. The second kappa shape index (κ2) is 17.7. The van der Waals surface area contributed by atoms with Crippen LogP contribution < -0.4 is 5.73 Å². The van der Waals surface area contributed by atoms with Gasteiger partial charge in [0.2, 0.25) is 6.41 Å². The number of aryl methyl sites for hydroxylation is 1. The zero-order chi connectivity index (χ0) is 20.4. The Hall–Kier alpha value is -2.12. The molecule has 1 amide bonds. The summed E-state index contributed by atoms with van der Waals surface area (Å²) in [5, 5.41) is 9.08. The minimum Gasteiger partial charge on any atom is -0.506 e. The van der Waals surface area contributed by atoms with Gasteiger partial charge in [-0.1, -0.05) is 19.1 Å². The van der Waals surface area contributed by atoms with Crippen LogP contribution in [0.25, 0.3) is 0 Å². The van der Waals surface area contributed by atoms with Gasteiger partial charge in [0, 0.05) is 33.4 Å². The molecule has 0 saturated carbocycles. The first kappa shape index (κ1) is 26.1. The van der Waals surface area contributed by atoms with Gasteiger partial charge in [0.15, 0.2) is 0 Å². The minimum absolute atomic E-state index is 0.192. The normalized spacial score (nSPS) is 13.6. The average Bonchev–Trinajstić information content (AvgIpc) is 2.87. The van der Waals surface area contributed by atoms with Crippen molar-refractivity contribution >= 4 is 18.9 Å². The molecule has 1 aliphatic rings. The van der Waals surface area contributed by atoms with Gasteiger partial charge in [-0.15, -0.1) is 0 Å². The summed E-state index contributed by atoms with van der Waals surface area (Å²) >= 11 is 0. The summed E-state index contributed by atoms with van der Waals surface area (Å²) in [7, 11) is 3.80. The number of methoxy groups -OCH3 is 1. The number of benzene rings is 1. The fraction of sp³-hybridized carbons (Fsp3) is 0.579. The number of nitrogen functional groups attached to an aromatic ring is 1. The minimum atomic E-state index is 0.192. The quantitative estimate of drug-likeness (QED) is 0.480. The van der Waals surface area contributed by atoms with E-state index in [1.807, 2.05) is 30.7 Å². The van der Waals surface area contributed by atoms with Crippen LogP contribution in [0.2, 0.25) is 0 Å². The van der Waals surface area contributed by atoms with Crippen molar-refractivity contribution in [2.45, 2.75) is 26.7 Å². The van der Waals surface area contributed by atoms with Crippen molar-refractivity contribution in [3.63, 3.8) is 0 Å². The topological polar surface area (TPSA) is 96.1 Å². The predicted molar refractivity (Wildman–Crippen MR) is 106 cm³/mol. The van der Waals surface area contributed by atoms with E-state index in [2.05, 4.69) is 18.9 Å². The van der Waals surface area contributed by atoms with Crippen molar-refractivity contribution in [2.75, 3.05) is 52.7 Å². The molecule has 7 heteroatoms. The van der Waals surface area contributed by atoms with Crippen LogP contribution in [0, 0.1) is 6.92 Å². The fourth-order valence-corrected chi connectivity index (χ4v) is 2.06. The lowest BCUT2D eigenvalue weighted by molar-refractivity contribution is -0.118.